The normalized spacial score (nSPS) is 11.6. The van der Waals surface area contributed by atoms with E-state index >= 15 is 0 Å². The fraction of sp³-hybridized carbons (Fsp3) is 0.944. The Balaban J connectivity index is 3.72. The van der Waals surface area contributed by atoms with E-state index in [-0.39, 0.29) is 11.4 Å². The van der Waals surface area contributed by atoms with Crippen LogP contribution in [0.2, 0.25) is 0 Å². The molecule has 0 atom stereocenters. The zero-order valence-electron chi connectivity index (χ0n) is 14.3. The van der Waals surface area contributed by atoms with Gasteiger partial charge in [-0.2, -0.15) is 0 Å². The highest BCUT2D eigenvalue weighted by molar-refractivity contribution is 5.76. The van der Waals surface area contributed by atoms with E-state index in [1.54, 1.807) is 0 Å². The molecule has 0 aromatic heterocycles. The highest BCUT2D eigenvalue weighted by Gasteiger charge is 2.35. The van der Waals surface area contributed by atoms with Gasteiger partial charge in [-0.15, -0.1) is 0 Å². The summed E-state index contributed by atoms with van der Waals surface area (Å²) in [6, 6.07) is 0. The number of ether oxygens (including phenoxy) is 1. The highest BCUT2D eigenvalue weighted by atomic mass is 16.5. The van der Waals surface area contributed by atoms with Gasteiger partial charge in [0.05, 0.1) is 12.5 Å². The third-order valence-corrected chi connectivity index (χ3v) is 4.73. The van der Waals surface area contributed by atoms with Gasteiger partial charge in [0.1, 0.15) is 0 Å². The van der Waals surface area contributed by atoms with E-state index in [1.165, 1.54) is 58.5 Å². The van der Waals surface area contributed by atoms with Crippen molar-refractivity contribution in [1.82, 2.24) is 0 Å². The van der Waals surface area contributed by atoms with Gasteiger partial charge in [0, 0.05) is 0 Å². The summed E-state index contributed by atoms with van der Waals surface area (Å²) in [5, 5.41) is 0. The molecule has 0 heterocycles. The van der Waals surface area contributed by atoms with Gasteiger partial charge in [0.25, 0.3) is 0 Å². The molecule has 0 saturated heterocycles. The Hall–Kier alpha value is -0.530. The minimum Gasteiger partial charge on any atom is -0.469 e. The largest absolute Gasteiger partial charge is 0.469 e. The van der Waals surface area contributed by atoms with Gasteiger partial charge >= 0.3 is 5.97 Å². The molecule has 0 saturated carbocycles. The molecule has 0 aromatic carbocycles. The molecule has 0 fully saturated rings. The molecular weight excluding hydrogens is 248 g/mol. The van der Waals surface area contributed by atoms with Crippen molar-refractivity contribution in [2.45, 2.75) is 97.8 Å². The summed E-state index contributed by atoms with van der Waals surface area (Å²) in [6.45, 7) is 6.47. The standard InChI is InChI=1S/C18H36O2/c1-5-8-9-10-11-12-13-14-15-16-18(6-2,7-3)17(19)20-4/h5-16H2,1-4H3. The van der Waals surface area contributed by atoms with E-state index in [4.69, 9.17) is 4.74 Å². The van der Waals surface area contributed by atoms with Crippen LogP contribution in [0.4, 0.5) is 0 Å². The Morgan fingerprint density at radius 1 is 0.800 bits per heavy atom. The van der Waals surface area contributed by atoms with E-state index in [0.29, 0.717) is 0 Å². The molecule has 0 unspecified atom stereocenters. The Kier molecular flexibility index (Phi) is 11.9. The number of methoxy groups -OCH3 is 1. The molecule has 0 aliphatic carbocycles. The van der Waals surface area contributed by atoms with E-state index in [9.17, 15) is 4.79 Å². The predicted molar refractivity (Wildman–Crippen MR) is 86.9 cm³/mol. The van der Waals surface area contributed by atoms with Crippen LogP contribution in [0.3, 0.4) is 0 Å². The van der Waals surface area contributed by atoms with Gasteiger partial charge in [-0.25, -0.2) is 0 Å². The molecular formula is C18H36O2. The van der Waals surface area contributed by atoms with E-state index in [1.807, 2.05) is 0 Å². The second-order valence-electron chi connectivity index (χ2n) is 6.06. The molecule has 0 spiro atoms. The number of carbonyl (C=O) groups is 1. The number of unbranched alkanes of at least 4 members (excludes halogenated alkanes) is 8. The first-order chi connectivity index (χ1) is 9.66. The van der Waals surface area contributed by atoms with Crippen molar-refractivity contribution in [3.8, 4) is 0 Å². The minimum absolute atomic E-state index is 0.0120. The van der Waals surface area contributed by atoms with Crippen LogP contribution < -0.4 is 0 Å². The van der Waals surface area contributed by atoms with Crippen LogP contribution in [-0.2, 0) is 9.53 Å². The van der Waals surface area contributed by atoms with Crippen LogP contribution in [0.15, 0.2) is 0 Å². The summed E-state index contributed by atoms with van der Waals surface area (Å²) in [4.78, 5) is 11.9. The lowest BCUT2D eigenvalue weighted by Crippen LogP contribution is -2.31. The van der Waals surface area contributed by atoms with Crippen molar-refractivity contribution in [2.75, 3.05) is 7.11 Å². The summed E-state index contributed by atoms with van der Waals surface area (Å²) >= 11 is 0. The summed E-state index contributed by atoms with van der Waals surface area (Å²) in [7, 11) is 1.51. The Bertz CT molecular complexity index is 232. The van der Waals surface area contributed by atoms with Gasteiger partial charge < -0.3 is 4.74 Å². The molecule has 120 valence electrons. The molecule has 0 N–H and O–H groups in total. The first-order valence-electron chi connectivity index (χ1n) is 8.75. The fourth-order valence-corrected chi connectivity index (χ4v) is 2.98. The van der Waals surface area contributed by atoms with Gasteiger partial charge in [-0.1, -0.05) is 78.6 Å². The van der Waals surface area contributed by atoms with Gasteiger partial charge in [0.2, 0.25) is 0 Å². The SMILES string of the molecule is CCCCCCCCCCCC(CC)(CC)C(=O)OC. The lowest BCUT2D eigenvalue weighted by Gasteiger charge is -2.28. The monoisotopic (exact) mass is 284 g/mol. The Morgan fingerprint density at radius 3 is 1.65 bits per heavy atom. The maximum atomic E-state index is 11.9. The number of esters is 1. The van der Waals surface area contributed by atoms with Crippen molar-refractivity contribution in [2.24, 2.45) is 5.41 Å². The molecule has 0 aliphatic rings. The Morgan fingerprint density at radius 2 is 1.25 bits per heavy atom. The maximum absolute atomic E-state index is 11.9. The van der Waals surface area contributed by atoms with Gasteiger partial charge in [0.15, 0.2) is 0 Å². The van der Waals surface area contributed by atoms with Crippen LogP contribution in [0.5, 0.6) is 0 Å². The topological polar surface area (TPSA) is 26.3 Å². The molecule has 0 amide bonds. The van der Waals surface area contributed by atoms with Crippen molar-refractivity contribution in [1.29, 1.82) is 0 Å². The molecule has 0 aliphatic heterocycles. The Labute approximate surface area is 126 Å². The van der Waals surface area contributed by atoms with E-state index in [2.05, 4.69) is 20.8 Å². The lowest BCUT2D eigenvalue weighted by atomic mass is 9.77. The summed E-state index contributed by atoms with van der Waals surface area (Å²) in [6.07, 6.45) is 14.7. The van der Waals surface area contributed by atoms with Crippen LogP contribution in [0, 0.1) is 5.41 Å². The maximum Gasteiger partial charge on any atom is 0.311 e. The van der Waals surface area contributed by atoms with Crippen molar-refractivity contribution >= 4 is 5.97 Å². The van der Waals surface area contributed by atoms with E-state index in [0.717, 1.165) is 25.7 Å². The molecule has 0 rings (SSSR count). The van der Waals surface area contributed by atoms with Gasteiger partial charge in [-0.3, -0.25) is 4.79 Å². The average molecular weight is 284 g/mol. The molecule has 20 heavy (non-hydrogen) atoms. The number of hydrogen-bond donors (Lipinski definition) is 0. The average Bonchev–Trinajstić information content (AvgIpc) is 2.49. The summed E-state index contributed by atoms with van der Waals surface area (Å²) < 4.78 is 4.99. The first-order valence-corrected chi connectivity index (χ1v) is 8.75. The number of carbonyl (C=O) groups excluding carboxylic acids is 1. The summed E-state index contributed by atoms with van der Waals surface area (Å²) in [5.41, 5.74) is -0.226. The highest BCUT2D eigenvalue weighted by Crippen LogP contribution is 2.34. The third kappa shape index (κ3) is 7.31. The van der Waals surface area contributed by atoms with Crippen molar-refractivity contribution in [3.05, 3.63) is 0 Å². The molecule has 0 radical (unpaired) electrons. The van der Waals surface area contributed by atoms with Crippen LogP contribution in [0.1, 0.15) is 97.8 Å². The van der Waals surface area contributed by atoms with Crippen LogP contribution in [0.25, 0.3) is 0 Å². The molecule has 0 aromatic rings. The van der Waals surface area contributed by atoms with Gasteiger partial charge in [-0.05, 0) is 19.3 Å². The van der Waals surface area contributed by atoms with Crippen LogP contribution >= 0.6 is 0 Å². The first kappa shape index (κ1) is 19.5. The quantitative estimate of drug-likeness (QED) is 0.311. The van der Waals surface area contributed by atoms with Crippen molar-refractivity contribution < 1.29 is 9.53 Å². The number of rotatable bonds is 13. The number of hydrogen-bond acceptors (Lipinski definition) is 2. The lowest BCUT2D eigenvalue weighted by molar-refractivity contribution is -0.154. The van der Waals surface area contributed by atoms with Crippen molar-refractivity contribution in [3.63, 3.8) is 0 Å². The zero-order chi connectivity index (χ0) is 15.3. The third-order valence-electron chi connectivity index (χ3n) is 4.73. The molecule has 2 heteroatoms. The predicted octanol–water partition coefficient (Wildman–Crippen LogP) is 5.89. The van der Waals surface area contributed by atoms with E-state index < -0.39 is 0 Å². The summed E-state index contributed by atoms with van der Waals surface area (Å²) in [5.74, 6) is -0.0120. The minimum atomic E-state index is -0.226. The second kappa shape index (κ2) is 12.2. The second-order valence-corrected chi connectivity index (χ2v) is 6.06. The zero-order valence-corrected chi connectivity index (χ0v) is 14.3. The fourth-order valence-electron chi connectivity index (χ4n) is 2.98. The smallest absolute Gasteiger partial charge is 0.311 e. The molecule has 0 bridgehead atoms. The van der Waals surface area contributed by atoms with Crippen LogP contribution in [-0.4, -0.2) is 13.1 Å². The molecule has 2 nitrogen and oxygen atoms in total.